The van der Waals surface area contributed by atoms with Crippen LogP contribution in [0.5, 0.6) is 5.75 Å². The molecule has 1 aliphatic rings. The van der Waals surface area contributed by atoms with E-state index in [1.807, 2.05) is 48.5 Å². The Kier molecular flexibility index (Phi) is 8.94. The van der Waals surface area contributed by atoms with E-state index in [9.17, 15) is 14.4 Å². The minimum Gasteiger partial charge on any atom is -0.482 e. The Morgan fingerprint density at radius 1 is 0.875 bits per heavy atom. The van der Waals surface area contributed by atoms with Crippen LogP contribution in [0.4, 0.5) is 4.79 Å². The van der Waals surface area contributed by atoms with Gasteiger partial charge in [0.15, 0.2) is 6.61 Å². The predicted molar refractivity (Wildman–Crippen MR) is 154 cm³/mol. The number of alkyl carbamates (subject to hydrolysis) is 1. The van der Waals surface area contributed by atoms with E-state index in [1.54, 1.807) is 19.1 Å². The first-order valence-electron chi connectivity index (χ1n) is 13.3. The van der Waals surface area contributed by atoms with Gasteiger partial charge >= 0.3 is 18.0 Å². The summed E-state index contributed by atoms with van der Waals surface area (Å²) in [6.45, 7) is 8.02. The Bertz CT molecular complexity index is 1320. The summed E-state index contributed by atoms with van der Waals surface area (Å²) in [7, 11) is -1.82. The van der Waals surface area contributed by atoms with Gasteiger partial charge in [-0.15, -0.1) is 0 Å². The summed E-state index contributed by atoms with van der Waals surface area (Å²) >= 11 is 0. The first-order valence-corrected chi connectivity index (χ1v) is 16.8. The van der Waals surface area contributed by atoms with E-state index in [-0.39, 0.29) is 24.7 Å². The van der Waals surface area contributed by atoms with Crippen LogP contribution >= 0.6 is 0 Å². The van der Waals surface area contributed by atoms with Gasteiger partial charge in [0, 0.05) is 11.5 Å². The normalized spacial score (nSPS) is 13.9. The highest BCUT2D eigenvalue weighted by molar-refractivity contribution is 6.77. The average Bonchev–Trinajstić information content (AvgIpc) is 3.24. The van der Waals surface area contributed by atoms with E-state index < -0.39 is 38.8 Å². The van der Waals surface area contributed by atoms with Crippen molar-refractivity contribution in [3.63, 3.8) is 0 Å². The summed E-state index contributed by atoms with van der Waals surface area (Å²) in [6, 6.07) is 22.5. The Labute approximate surface area is 235 Å². The van der Waals surface area contributed by atoms with E-state index in [0.29, 0.717) is 5.75 Å². The van der Waals surface area contributed by atoms with Gasteiger partial charge in [-0.1, -0.05) is 80.3 Å². The number of carbonyl (C=O) groups excluding carboxylic acids is 2. The van der Waals surface area contributed by atoms with E-state index in [4.69, 9.17) is 19.3 Å². The van der Waals surface area contributed by atoms with Crippen LogP contribution in [0.2, 0.25) is 19.6 Å². The molecular weight excluding hydrogens is 526 g/mol. The van der Waals surface area contributed by atoms with Crippen LogP contribution in [0.3, 0.4) is 0 Å². The van der Waals surface area contributed by atoms with Crippen molar-refractivity contribution in [3.05, 3.63) is 89.5 Å². The maximum atomic E-state index is 12.8. The fourth-order valence-electron chi connectivity index (χ4n) is 4.95. The number of nitrogens with one attached hydrogen (secondary N) is 1. The van der Waals surface area contributed by atoms with Crippen molar-refractivity contribution in [1.82, 2.24) is 5.32 Å². The number of carboxylic acid groups (broad SMARTS) is 1. The number of carbonyl (C=O) groups is 3. The Balaban J connectivity index is 1.31. The topological polar surface area (TPSA) is 111 Å². The lowest BCUT2D eigenvalue weighted by Gasteiger charge is -2.29. The van der Waals surface area contributed by atoms with Crippen LogP contribution in [0.25, 0.3) is 11.1 Å². The summed E-state index contributed by atoms with van der Waals surface area (Å²) in [6.07, 6.45) is -0.676. The highest BCUT2D eigenvalue weighted by Gasteiger charge is 2.32. The van der Waals surface area contributed by atoms with E-state index >= 15 is 0 Å². The highest BCUT2D eigenvalue weighted by atomic mass is 28.3. The van der Waals surface area contributed by atoms with Crippen molar-refractivity contribution in [2.75, 3.05) is 19.8 Å². The summed E-state index contributed by atoms with van der Waals surface area (Å²) < 4.78 is 16.4. The van der Waals surface area contributed by atoms with E-state index in [1.165, 1.54) is 0 Å². The van der Waals surface area contributed by atoms with E-state index in [0.717, 1.165) is 27.8 Å². The van der Waals surface area contributed by atoms with Gasteiger partial charge in [-0.05, 0) is 46.9 Å². The number of aliphatic carboxylic acids is 1. The molecule has 3 aromatic rings. The Hall–Kier alpha value is -4.11. The molecule has 210 valence electrons. The lowest BCUT2D eigenvalue weighted by atomic mass is 9.98. The molecule has 2 atom stereocenters. The predicted octanol–water partition coefficient (Wildman–Crippen LogP) is 5.58. The maximum Gasteiger partial charge on any atom is 0.407 e. The lowest BCUT2D eigenvalue weighted by molar-refractivity contribution is -0.145. The van der Waals surface area contributed by atoms with Crippen LogP contribution in [-0.4, -0.2) is 57.1 Å². The van der Waals surface area contributed by atoms with Crippen molar-refractivity contribution in [3.8, 4) is 16.9 Å². The Morgan fingerprint density at radius 2 is 1.45 bits per heavy atom. The Morgan fingerprint density at radius 3 is 2.00 bits per heavy atom. The fraction of sp³-hybridized carbons (Fsp3) is 0.323. The number of rotatable bonds is 11. The number of benzene rings is 3. The molecule has 0 fully saturated rings. The van der Waals surface area contributed by atoms with Crippen molar-refractivity contribution in [2.24, 2.45) is 0 Å². The zero-order valence-corrected chi connectivity index (χ0v) is 24.2. The third-order valence-corrected chi connectivity index (χ3v) is 9.70. The molecule has 3 aromatic carbocycles. The van der Waals surface area contributed by atoms with Gasteiger partial charge in [0.05, 0.1) is 14.7 Å². The van der Waals surface area contributed by atoms with Gasteiger partial charge < -0.3 is 24.6 Å². The monoisotopic (exact) mass is 561 g/mol. The van der Waals surface area contributed by atoms with Crippen molar-refractivity contribution in [1.29, 1.82) is 0 Å². The quantitative estimate of drug-likeness (QED) is 0.232. The summed E-state index contributed by atoms with van der Waals surface area (Å²) in [5.74, 6) is -1.20. The molecule has 40 heavy (non-hydrogen) atoms. The van der Waals surface area contributed by atoms with Crippen molar-refractivity contribution in [2.45, 2.75) is 44.1 Å². The number of ether oxygens (including phenoxy) is 3. The molecule has 1 amide bonds. The third kappa shape index (κ3) is 6.90. The van der Waals surface area contributed by atoms with Crippen LogP contribution in [-0.2, 0) is 19.1 Å². The SMILES string of the molecule is C[C@H](NC(=O)OCC1c2ccccc2-c2ccccc21)C(=O)OCC(c1ccc(OCC(=O)O)cc1)[Si](C)(C)C. The number of amides is 1. The van der Waals surface area contributed by atoms with Crippen LogP contribution in [0.1, 0.15) is 35.1 Å². The molecular formula is C31H35NO7Si. The molecule has 0 heterocycles. The smallest absolute Gasteiger partial charge is 0.407 e. The molecule has 0 saturated heterocycles. The van der Waals surface area contributed by atoms with Gasteiger partial charge in [-0.25, -0.2) is 14.4 Å². The number of esters is 1. The lowest BCUT2D eigenvalue weighted by Crippen LogP contribution is -2.42. The van der Waals surface area contributed by atoms with Gasteiger partial charge in [-0.2, -0.15) is 0 Å². The second kappa shape index (κ2) is 12.4. The summed E-state index contributed by atoms with van der Waals surface area (Å²) in [5, 5.41) is 11.4. The maximum absolute atomic E-state index is 12.8. The zero-order chi connectivity index (χ0) is 28.9. The molecule has 0 spiro atoms. The molecule has 8 nitrogen and oxygen atoms in total. The fourth-order valence-corrected chi connectivity index (χ4v) is 6.73. The number of hydrogen-bond acceptors (Lipinski definition) is 6. The third-order valence-electron chi connectivity index (χ3n) is 7.11. The first-order chi connectivity index (χ1) is 19.0. The molecule has 0 aliphatic heterocycles. The first kappa shape index (κ1) is 28.9. The largest absolute Gasteiger partial charge is 0.482 e. The van der Waals surface area contributed by atoms with E-state index in [2.05, 4.69) is 37.1 Å². The molecule has 0 radical (unpaired) electrons. The van der Waals surface area contributed by atoms with Gasteiger partial charge in [0.2, 0.25) is 0 Å². The number of fused-ring (bicyclic) bond motifs is 3. The molecule has 0 bridgehead atoms. The summed E-state index contributed by atoms with van der Waals surface area (Å²) in [4.78, 5) is 36.1. The van der Waals surface area contributed by atoms with Crippen molar-refractivity contribution >= 4 is 26.1 Å². The second-order valence-electron chi connectivity index (χ2n) is 11.0. The molecule has 2 N–H and O–H groups in total. The molecule has 9 heteroatoms. The minimum atomic E-state index is -1.82. The second-order valence-corrected chi connectivity index (χ2v) is 16.4. The molecule has 0 saturated carbocycles. The minimum absolute atomic E-state index is 0.00775. The van der Waals surface area contributed by atoms with Crippen molar-refractivity contribution < 1.29 is 33.7 Å². The van der Waals surface area contributed by atoms with Crippen LogP contribution < -0.4 is 10.1 Å². The zero-order valence-electron chi connectivity index (χ0n) is 23.2. The highest BCUT2D eigenvalue weighted by Crippen LogP contribution is 2.44. The van der Waals surface area contributed by atoms with Crippen LogP contribution in [0.15, 0.2) is 72.8 Å². The molecule has 0 aromatic heterocycles. The molecule has 1 aliphatic carbocycles. The number of carboxylic acids is 1. The van der Waals surface area contributed by atoms with Crippen LogP contribution in [0, 0.1) is 0 Å². The van der Waals surface area contributed by atoms with Gasteiger partial charge in [-0.3, -0.25) is 0 Å². The van der Waals surface area contributed by atoms with Gasteiger partial charge in [0.1, 0.15) is 18.4 Å². The standard InChI is InChI=1S/C31H35NO7Si/c1-20(30(35)38-18-28(40(2,3)4)21-13-15-22(16-14-21)37-19-29(33)34)32-31(36)39-17-27-25-11-7-5-9-23(25)24-10-6-8-12-26(24)27/h5-16,20,27-28H,17-19H2,1-4H3,(H,32,36)(H,33,34)/t20-,28?/m0/s1. The molecule has 4 rings (SSSR count). The number of hydrogen-bond donors (Lipinski definition) is 2. The summed E-state index contributed by atoms with van der Waals surface area (Å²) in [5.41, 5.74) is 5.48. The molecule has 1 unspecified atom stereocenters. The van der Waals surface area contributed by atoms with Gasteiger partial charge in [0.25, 0.3) is 0 Å². The average molecular weight is 562 g/mol.